The zero-order valence-electron chi connectivity index (χ0n) is 19.6. The first kappa shape index (κ1) is 24.1. The Bertz CT molecular complexity index is 1080. The fraction of sp³-hybridized carbons (Fsp3) is 0.308. The van der Waals surface area contributed by atoms with Crippen LogP contribution in [0.1, 0.15) is 12.0 Å². The first-order chi connectivity index (χ1) is 16.0. The third-order valence-electron chi connectivity index (χ3n) is 4.96. The number of rotatable bonds is 10. The lowest BCUT2D eigenvalue weighted by molar-refractivity contribution is -0.116. The molecule has 0 saturated heterocycles. The molecule has 0 bridgehead atoms. The highest BCUT2D eigenvalue weighted by Gasteiger charge is 2.05. The van der Waals surface area contributed by atoms with Crippen molar-refractivity contribution in [1.29, 1.82) is 0 Å². The number of fused-ring (bicyclic) bond motifs is 1. The zero-order chi connectivity index (χ0) is 23.5. The summed E-state index contributed by atoms with van der Waals surface area (Å²) in [5.74, 6) is 1.57. The number of hydrogen-bond acceptors (Lipinski definition) is 4. The van der Waals surface area contributed by atoms with Crippen LogP contribution in [0.25, 0.3) is 10.8 Å². The quantitative estimate of drug-likeness (QED) is 0.252. The van der Waals surface area contributed by atoms with Crippen molar-refractivity contribution in [3.8, 4) is 5.75 Å². The van der Waals surface area contributed by atoms with Gasteiger partial charge >= 0.3 is 0 Å². The summed E-state index contributed by atoms with van der Waals surface area (Å²) in [6, 6.07) is 22.2. The van der Waals surface area contributed by atoms with Crippen molar-refractivity contribution in [3.05, 3.63) is 72.3 Å². The van der Waals surface area contributed by atoms with Gasteiger partial charge in [0.15, 0.2) is 5.96 Å². The van der Waals surface area contributed by atoms with Gasteiger partial charge in [0, 0.05) is 25.8 Å². The first-order valence-corrected chi connectivity index (χ1v) is 11.1. The van der Waals surface area contributed by atoms with E-state index >= 15 is 0 Å². The maximum absolute atomic E-state index is 12.0. The number of carbonyl (C=O) groups is 1. The van der Waals surface area contributed by atoms with Gasteiger partial charge in [-0.1, -0.05) is 42.5 Å². The Morgan fingerprint density at radius 2 is 1.79 bits per heavy atom. The van der Waals surface area contributed by atoms with Gasteiger partial charge in [0.2, 0.25) is 5.91 Å². The molecule has 0 aliphatic rings. The molecule has 0 unspecified atom stereocenters. The average Bonchev–Trinajstić information content (AvgIpc) is 2.80. The lowest BCUT2D eigenvalue weighted by atomic mass is 10.1. The van der Waals surface area contributed by atoms with Gasteiger partial charge in [0.1, 0.15) is 5.75 Å². The second-order valence-electron chi connectivity index (χ2n) is 8.05. The van der Waals surface area contributed by atoms with Crippen molar-refractivity contribution in [1.82, 2.24) is 15.5 Å². The molecule has 0 heterocycles. The number of nitrogens with one attached hydrogen (secondary N) is 3. The number of guanidine groups is 1. The van der Waals surface area contributed by atoms with Crippen molar-refractivity contribution in [2.75, 3.05) is 46.2 Å². The number of amides is 1. The zero-order valence-corrected chi connectivity index (χ0v) is 19.6. The Balaban J connectivity index is 1.38. The van der Waals surface area contributed by atoms with E-state index < -0.39 is 0 Å². The van der Waals surface area contributed by atoms with E-state index in [1.165, 1.54) is 10.8 Å². The number of ether oxygens (including phenoxy) is 1. The van der Waals surface area contributed by atoms with E-state index in [-0.39, 0.29) is 5.91 Å². The number of aliphatic imine (C=N–C) groups is 1. The summed E-state index contributed by atoms with van der Waals surface area (Å²) < 4.78 is 5.89. The van der Waals surface area contributed by atoms with Crippen LogP contribution in [0.15, 0.2) is 71.7 Å². The van der Waals surface area contributed by atoms with Gasteiger partial charge in [0.05, 0.1) is 13.2 Å². The summed E-state index contributed by atoms with van der Waals surface area (Å²) in [5.41, 5.74) is 1.84. The highest BCUT2D eigenvalue weighted by molar-refractivity contribution is 5.92. The highest BCUT2D eigenvalue weighted by atomic mass is 16.5. The van der Waals surface area contributed by atoms with Gasteiger partial charge in [-0.25, -0.2) is 0 Å². The maximum atomic E-state index is 12.0. The number of likely N-dealkylation sites (N-methyl/N-ethyl adjacent to an activating group) is 1. The second kappa shape index (κ2) is 12.5. The van der Waals surface area contributed by atoms with Gasteiger partial charge in [-0.15, -0.1) is 0 Å². The Morgan fingerprint density at radius 3 is 2.58 bits per heavy atom. The molecule has 0 atom stereocenters. The van der Waals surface area contributed by atoms with Gasteiger partial charge in [-0.05, 0) is 61.1 Å². The summed E-state index contributed by atoms with van der Waals surface area (Å²) in [6.07, 6.45) is 0.848. The monoisotopic (exact) mass is 447 g/mol. The molecule has 1 amide bonds. The van der Waals surface area contributed by atoms with Gasteiger partial charge < -0.3 is 25.6 Å². The van der Waals surface area contributed by atoms with Crippen LogP contribution in [0.3, 0.4) is 0 Å². The van der Waals surface area contributed by atoms with E-state index in [0.717, 1.165) is 35.9 Å². The molecule has 7 nitrogen and oxygen atoms in total. The topological polar surface area (TPSA) is 78.0 Å². The number of hydrogen-bond donors (Lipinski definition) is 3. The van der Waals surface area contributed by atoms with E-state index in [0.29, 0.717) is 19.7 Å². The minimum absolute atomic E-state index is 0.0338. The van der Waals surface area contributed by atoms with E-state index in [4.69, 9.17) is 4.74 Å². The normalized spacial score (nSPS) is 11.5. The van der Waals surface area contributed by atoms with E-state index in [1.54, 1.807) is 7.05 Å². The van der Waals surface area contributed by atoms with Crippen molar-refractivity contribution in [3.63, 3.8) is 0 Å². The predicted octanol–water partition coefficient (Wildman–Crippen LogP) is 3.47. The lowest BCUT2D eigenvalue weighted by Crippen LogP contribution is -2.37. The summed E-state index contributed by atoms with van der Waals surface area (Å²) in [4.78, 5) is 18.1. The number of carbonyl (C=O) groups excluding carboxylic acids is 1. The Hall–Kier alpha value is -3.58. The molecule has 0 aromatic heterocycles. The molecular weight excluding hydrogens is 414 g/mol. The van der Waals surface area contributed by atoms with Crippen LogP contribution in [-0.4, -0.2) is 57.6 Å². The number of nitrogens with zero attached hydrogens (tertiary/aromatic N) is 2. The summed E-state index contributed by atoms with van der Waals surface area (Å²) >= 11 is 0. The summed E-state index contributed by atoms with van der Waals surface area (Å²) in [7, 11) is 5.49. The molecule has 3 aromatic carbocycles. The smallest absolute Gasteiger partial charge is 0.238 e. The largest absolute Gasteiger partial charge is 0.494 e. The molecule has 0 saturated carbocycles. The minimum Gasteiger partial charge on any atom is -0.494 e. The van der Waals surface area contributed by atoms with Crippen LogP contribution >= 0.6 is 0 Å². The number of benzene rings is 3. The third kappa shape index (κ3) is 8.12. The highest BCUT2D eigenvalue weighted by Crippen LogP contribution is 2.20. The molecule has 0 spiro atoms. The Morgan fingerprint density at radius 1 is 0.970 bits per heavy atom. The SMILES string of the molecule is CN=C(NCCCOc1ccc2ccccc2c1)NCc1cccc(NC(=O)CN(C)C)c1. The molecule has 33 heavy (non-hydrogen) atoms. The van der Waals surface area contributed by atoms with Gasteiger partial charge in [0.25, 0.3) is 0 Å². The first-order valence-electron chi connectivity index (χ1n) is 11.1. The molecule has 0 fully saturated rings. The van der Waals surface area contributed by atoms with Crippen LogP contribution in [0.2, 0.25) is 0 Å². The Labute approximate surface area is 195 Å². The Kier molecular flexibility index (Phi) is 9.08. The molecule has 7 heteroatoms. The predicted molar refractivity (Wildman–Crippen MR) is 136 cm³/mol. The van der Waals surface area contributed by atoms with E-state index in [9.17, 15) is 4.79 Å². The molecule has 174 valence electrons. The second-order valence-corrected chi connectivity index (χ2v) is 8.05. The van der Waals surface area contributed by atoms with Gasteiger partial charge in [-0.3, -0.25) is 9.79 Å². The number of anilines is 1. The van der Waals surface area contributed by atoms with Crippen LogP contribution in [0.4, 0.5) is 5.69 Å². The van der Waals surface area contributed by atoms with Crippen LogP contribution < -0.4 is 20.7 Å². The van der Waals surface area contributed by atoms with Crippen LogP contribution in [0.5, 0.6) is 5.75 Å². The molecule has 0 radical (unpaired) electrons. The molecule has 3 N–H and O–H groups in total. The summed E-state index contributed by atoms with van der Waals surface area (Å²) in [6.45, 7) is 2.32. The fourth-order valence-corrected chi connectivity index (χ4v) is 3.38. The third-order valence-corrected chi connectivity index (χ3v) is 4.96. The average molecular weight is 448 g/mol. The van der Waals surface area contributed by atoms with E-state index in [1.807, 2.05) is 61.5 Å². The van der Waals surface area contributed by atoms with E-state index in [2.05, 4.69) is 45.2 Å². The molecule has 3 aromatic rings. The standard InChI is InChI=1S/C26H33N5O2/c1-27-26(29-18-20-8-6-11-23(16-20)30-25(32)19-31(2)3)28-14-7-15-33-24-13-12-21-9-4-5-10-22(21)17-24/h4-6,8-13,16-17H,7,14-15,18-19H2,1-3H3,(H,30,32)(H2,27,28,29). The lowest BCUT2D eigenvalue weighted by Gasteiger charge is -2.14. The molecular formula is C26H33N5O2. The minimum atomic E-state index is -0.0338. The molecule has 0 aliphatic heterocycles. The summed E-state index contributed by atoms with van der Waals surface area (Å²) in [5, 5.41) is 11.9. The maximum Gasteiger partial charge on any atom is 0.238 e. The fourth-order valence-electron chi connectivity index (χ4n) is 3.38. The van der Waals surface area contributed by atoms with Crippen LogP contribution in [0, 0.1) is 0 Å². The van der Waals surface area contributed by atoms with Crippen molar-refractivity contribution in [2.45, 2.75) is 13.0 Å². The van der Waals surface area contributed by atoms with Crippen molar-refractivity contribution < 1.29 is 9.53 Å². The van der Waals surface area contributed by atoms with Crippen LogP contribution in [-0.2, 0) is 11.3 Å². The van der Waals surface area contributed by atoms with Crippen molar-refractivity contribution >= 4 is 28.3 Å². The van der Waals surface area contributed by atoms with Gasteiger partial charge in [-0.2, -0.15) is 0 Å². The molecule has 0 aliphatic carbocycles. The van der Waals surface area contributed by atoms with Crippen molar-refractivity contribution in [2.24, 2.45) is 4.99 Å². The molecule has 3 rings (SSSR count).